The number of thiophene rings is 1. The number of aromatic nitrogens is 1. The third-order valence-corrected chi connectivity index (χ3v) is 7.04. The van der Waals surface area contributed by atoms with Gasteiger partial charge in [-0.25, -0.2) is 8.42 Å². The lowest BCUT2D eigenvalue weighted by molar-refractivity contribution is -0.597. The topological polar surface area (TPSA) is 113 Å². The van der Waals surface area contributed by atoms with Crippen LogP contribution >= 0.6 is 39.0 Å². The number of carbonyl (C=O) groups is 1. The number of nitrogens with two attached hydrogens (primary N) is 1. The second-order valence-corrected chi connectivity index (χ2v) is 10.0. The zero-order valence-corrected chi connectivity index (χ0v) is 20.3. The van der Waals surface area contributed by atoms with Crippen LogP contribution in [0.5, 0.6) is 0 Å². The first-order chi connectivity index (χ1) is 14.1. The summed E-state index contributed by atoms with van der Waals surface area (Å²) in [6.45, 7) is 2.03. The number of nitrogen functional groups attached to an aromatic ring is 1. The van der Waals surface area contributed by atoms with Crippen molar-refractivity contribution in [2.45, 2.75) is 11.1 Å². The number of anilines is 1. The molecule has 0 spiro atoms. The van der Waals surface area contributed by atoms with E-state index in [1.165, 1.54) is 11.3 Å². The van der Waals surface area contributed by atoms with Gasteiger partial charge in [-0.15, -0.1) is 23.1 Å². The maximum atomic E-state index is 12.9. The van der Waals surface area contributed by atoms with Crippen LogP contribution in [0.1, 0.15) is 20.8 Å². The van der Waals surface area contributed by atoms with Gasteiger partial charge in [0.25, 0.3) is 5.69 Å². The number of aryl methyl sites for hydroxylation is 1. The Hall–Kier alpha value is -1.76. The van der Waals surface area contributed by atoms with Crippen molar-refractivity contribution >= 4 is 60.9 Å². The van der Waals surface area contributed by atoms with Gasteiger partial charge in [0.15, 0.2) is 12.4 Å². The third-order valence-electron chi connectivity index (χ3n) is 3.80. The van der Waals surface area contributed by atoms with Crippen molar-refractivity contribution in [3.05, 3.63) is 69.3 Å². The molecule has 2 heterocycles. The van der Waals surface area contributed by atoms with Gasteiger partial charge >= 0.3 is 0 Å². The Morgan fingerprint density at radius 2 is 1.87 bits per heavy atom. The molecular formula is C19H19BrN2O5S3. The summed E-state index contributed by atoms with van der Waals surface area (Å²) in [5, 5.41) is 0. The highest BCUT2D eigenvalue weighted by molar-refractivity contribution is 9.10. The summed E-state index contributed by atoms with van der Waals surface area (Å²) in [7, 11) is -3.60. The van der Waals surface area contributed by atoms with Gasteiger partial charge in [-0.3, -0.25) is 8.98 Å². The van der Waals surface area contributed by atoms with Crippen molar-refractivity contribution in [2.75, 3.05) is 19.1 Å². The van der Waals surface area contributed by atoms with Crippen molar-refractivity contribution < 1.29 is 26.5 Å². The molecular weight excluding hydrogens is 512 g/mol. The fourth-order valence-corrected chi connectivity index (χ4v) is 4.60. The van der Waals surface area contributed by atoms with Crippen LogP contribution in [0.2, 0.25) is 0 Å². The summed E-state index contributed by atoms with van der Waals surface area (Å²) in [6.07, 6.45) is 5.98. The molecule has 0 unspecified atom stereocenters. The number of pyridine rings is 1. The van der Waals surface area contributed by atoms with Crippen molar-refractivity contribution in [1.29, 1.82) is 0 Å². The lowest BCUT2D eigenvalue weighted by Crippen LogP contribution is -2.31. The van der Waals surface area contributed by atoms with Crippen LogP contribution in [0.3, 0.4) is 0 Å². The number of hydrogen-bond acceptors (Lipinski definition) is 8. The second-order valence-electron chi connectivity index (χ2n) is 5.88. The van der Waals surface area contributed by atoms with Gasteiger partial charge in [-0.2, -0.15) is 4.57 Å². The smallest absolute Gasteiger partial charge is 0.259 e. The minimum atomic E-state index is -4.41. The van der Waals surface area contributed by atoms with Gasteiger partial charge in [-0.05, 0) is 43.5 Å². The molecule has 3 rings (SSSR count). The van der Waals surface area contributed by atoms with Crippen LogP contribution in [0.4, 0.5) is 5.69 Å². The van der Waals surface area contributed by atoms with Crippen molar-refractivity contribution in [3.8, 4) is 5.69 Å². The van der Waals surface area contributed by atoms with Gasteiger partial charge in [0.2, 0.25) is 16.2 Å². The summed E-state index contributed by atoms with van der Waals surface area (Å²) in [5.74, 6) is -0.0418. The number of benzene rings is 1. The van der Waals surface area contributed by atoms with Crippen LogP contribution in [0, 0.1) is 6.92 Å². The first-order valence-corrected chi connectivity index (χ1v) is 12.5. The Morgan fingerprint density at radius 1 is 1.27 bits per heavy atom. The Kier molecular flexibility index (Phi) is 8.59. The fourth-order valence-electron chi connectivity index (χ4n) is 2.43. The molecule has 0 amide bonds. The van der Waals surface area contributed by atoms with Crippen LogP contribution < -0.4 is 10.3 Å². The molecule has 1 aromatic carbocycles. The standard InChI is InChI=1S/C18H15BrN2OS2.CH4O4S/c1-11-4-3-9-21(10-11)15-14(20)17(24-18(15)23-2)16(22)12-5-7-13(19)8-6-12;1-5-6(2,3)4/h3-10H,1-2H3,(H-,20,22);1H3,(H,2,3,4). The van der Waals surface area contributed by atoms with Crippen LogP contribution in [-0.2, 0) is 14.6 Å². The van der Waals surface area contributed by atoms with Gasteiger partial charge in [-0.1, -0.05) is 15.9 Å². The van der Waals surface area contributed by atoms with E-state index < -0.39 is 10.4 Å². The van der Waals surface area contributed by atoms with E-state index in [1.807, 2.05) is 66.5 Å². The maximum absolute atomic E-state index is 12.9. The Bertz CT molecular complexity index is 1150. The number of rotatable bonds is 5. The molecule has 0 saturated heterocycles. The van der Waals surface area contributed by atoms with Gasteiger partial charge < -0.3 is 10.3 Å². The highest BCUT2D eigenvalue weighted by Crippen LogP contribution is 2.38. The lowest BCUT2D eigenvalue weighted by atomic mass is 10.1. The highest BCUT2D eigenvalue weighted by Gasteiger charge is 2.27. The molecule has 2 aromatic heterocycles. The van der Waals surface area contributed by atoms with E-state index in [9.17, 15) is 17.8 Å². The Labute approximate surface area is 192 Å². The first-order valence-electron chi connectivity index (χ1n) is 8.33. The maximum Gasteiger partial charge on any atom is 0.259 e. The number of ketones is 1. The lowest BCUT2D eigenvalue weighted by Gasteiger charge is -2.01. The highest BCUT2D eigenvalue weighted by atomic mass is 79.9. The predicted octanol–water partition coefficient (Wildman–Crippen LogP) is 3.72. The van der Waals surface area contributed by atoms with Crippen molar-refractivity contribution in [1.82, 2.24) is 0 Å². The first kappa shape index (κ1) is 24.5. The molecule has 7 nitrogen and oxygen atoms in total. The summed E-state index contributed by atoms with van der Waals surface area (Å²) in [6, 6.07) is 11.4. The van der Waals surface area contributed by atoms with E-state index in [2.05, 4.69) is 20.1 Å². The predicted molar refractivity (Wildman–Crippen MR) is 121 cm³/mol. The summed E-state index contributed by atoms with van der Waals surface area (Å²) < 4.78 is 35.0. The molecule has 0 aliphatic heterocycles. The summed E-state index contributed by atoms with van der Waals surface area (Å²) in [4.78, 5) is 13.4. The molecule has 2 N–H and O–H groups in total. The largest absolute Gasteiger partial charge is 0.726 e. The van der Waals surface area contributed by atoms with Gasteiger partial charge in [0, 0.05) is 21.7 Å². The summed E-state index contributed by atoms with van der Waals surface area (Å²) in [5.41, 5.74) is 9.57. The molecule has 30 heavy (non-hydrogen) atoms. The SMILES string of the molecule is COS(=O)(=O)[O-].CSc1sc(C(=O)c2ccc(Br)cc2)c(N)c1-[n+]1cccc(C)c1. The zero-order chi connectivity index (χ0) is 22.5. The molecule has 0 fully saturated rings. The average Bonchev–Trinajstić information content (AvgIpc) is 3.04. The number of nitrogens with zero attached hydrogens (tertiary/aromatic N) is 1. The number of thioether (sulfide) groups is 1. The van der Waals surface area contributed by atoms with E-state index in [-0.39, 0.29) is 5.78 Å². The average molecular weight is 531 g/mol. The number of carbonyl (C=O) groups excluding carboxylic acids is 1. The zero-order valence-electron chi connectivity index (χ0n) is 16.3. The Morgan fingerprint density at radius 3 is 2.37 bits per heavy atom. The monoisotopic (exact) mass is 530 g/mol. The molecule has 0 atom stereocenters. The van der Waals surface area contributed by atoms with Crippen LogP contribution in [0.15, 0.2) is 57.5 Å². The molecule has 160 valence electrons. The minimum Gasteiger partial charge on any atom is -0.726 e. The summed E-state index contributed by atoms with van der Waals surface area (Å²) >= 11 is 6.44. The molecule has 0 radical (unpaired) electrons. The van der Waals surface area contributed by atoms with E-state index >= 15 is 0 Å². The van der Waals surface area contributed by atoms with E-state index in [4.69, 9.17) is 5.73 Å². The minimum absolute atomic E-state index is 0.0418. The van der Waals surface area contributed by atoms with E-state index in [0.29, 0.717) is 16.1 Å². The van der Waals surface area contributed by atoms with Gasteiger partial charge in [0.1, 0.15) is 14.8 Å². The van der Waals surface area contributed by atoms with Crippen LogP contribution in [0.25, 0.3) is 5.69 Å². The van der Waals surface area contributed by atoms with E-state index in [1.54, 1.807) is 11.8 Å². The third kappa shape index (κ3) is 6.37. The molecule has 11 heteroatoms. The quantitative estimate of drug-likeness (QED) is 0.176. The molecule has 0 saturated carbocycles. The fraction of sp³-hybridized carbons (Fsp3) is 0.158. The van der Waals surface area contributed by atoms with Crippen molar-refractivity contribution in [3.63, 3.8) is 0 Å². The Balaban J connectivity index is 0.000000469. The second kappa shape index (κ2) is 10.5. The number of hydrogen-bond donors (Lipinski definition) is 1. The molecule has 0 bridgehead atoms. The van der Waals surface area contributed by atoms with Gasteiger partial charge in [0.05, 0.1) is 7.11 Å². The normalized spacial score (nSPS) is 11.0. The molecule has 0 aliphatic rings. The van der Waals surface area contributed by atoms with E-state index in [0.717, 1.165) is 27.0 Å². The van der Waals surface area contributed by atoms with Crippen molar-refractivity contribution in [2.24, 2.45) is 0 Å². The molecule has 0 aliphatic carbocycles. The molecule has 3 aromatic rings. The number of halogens is 1. The van der Waals surface area contributed by atoms with Crippen LogP contribution in [-0.4, -0.2) is 32.1 Å².